The largest absolute Gasteiger partial charge is 0.483 e. The van der Waals surface area contributed by atoms with Crippen molar-refractivity contribution in [3.63, 3.8) is 0 Å². The van der Waals surface area contributed by atoms with E-state index in [0.29, 0.717) is 11.4 Å². The lowest BCUT2D eigenvalue weighted by molar-refractivity contribution is -0.132. The van der Waals surface area contributed by atoms with Crippen LogP contribution in [0.4, 0.5) is 5.69 Å². The van der Waals surface area contributed by atoms with E-state index in [9.17, 15) is 4.79 Å². The number of hydrogen-bond acceptors (Lipinski definition) is 6. The van der Waals surface area contributed by atoms with E-state index in [2.05, 4.69) is 10.5 Å². The van der Waals surface area contributed by atoms with Crippen LogP contribution in [0.2, 0.25) is 0 Å². The zero-order chi connectivity index (χ0) is 17.5. The number of carbonyl (C=O) groups excluding carboxylic acids is 1. The molecule has 0 spiro atoms. The summed E-state index contributed by atoms with van der Waals surface area (Å²) in [5.41, 5.74) is 4.76. The summed E-state index contributed by atoms with van der Waals surface area (Å²) in [7, 11) is 0. The predicted molar refractivity (Wildman–Crippen MR) is 89.5 cm³/mol. The minimum absolute atomic E-state index is 0.00536. The van der Waals surface area contributed by atoms with E-state index in [1.54, 1.807) is 24.3 Å². The summed E-state index contributed by atoms with van der Waals surface area (Å²) in [6.07, 6.45) is 2.11. The van der Waals surface area contributed by atoms with E-state index in [1.165, 1.54) is 0 Å². The lowest BCUT2D eigenvalue weighted by atomic mass is 10.1. The maximum atomic E-state index is 12.1. The Morgan fingerprint density at radius 1 is 1.25 bits per heavy atom. The van der Waals surface area contributed by atoms with E-state index < -0.39 is 0 Å². The summed E-state index contributed by atoms with van der Waals surface area (Å²) in [5, 5.41) is 21.1. The molecule has 0 bridgehead atoms. The molecule has 1 saturated heterocycles. The second-order valence-corrected chi connectivity index (χ2v) is 5.61. The van der Waals surface area contributed by atoms with E-state index in [-0.39, 0.29) is 18.2 Å². The quantitative estimate of drug-likeness (QED) is 0.660. The van der Waals surface area contributed by atoms with Crippen LogP contribution in [0, 0.1) is 36.5 Å². The molecule has 7 nitrogen and oxygen atoms in total. The molecule has 1 fully saturated rings. The second kappa shape index (κ2) is 7.98. The number of ether oxygens (including phenoxy) is 1. The average molecular weight is 325 g/mol. The third-order valence-electron chi connectivity index (χ3n) is 3.77. The Balaban J connectivity index is 2.04. The number of nitriles is 2. The molecule has 1 N–H and O–H groups in total. The van der Waals surface area contributed by atoms with Gasteiger partial charge in [-0.05, 0) is 49.9 Å². The van der Waals surface area contributed by atoms with Gasteiger partial charge in [0.15, 0.2) is 6.61 Å². The first kappa shape index (κ1) is 17.3. The molecule has 1 amide bonds. The molecule has 0 unspecified atom stereocenters. The van der Waals surface area contributed by atoms with Crippen LogP contribution in [0.1, 0.15) is 24.0 Å². The van der Waals surface area contributed by atoms with E-state index in [4.69, 9.17) is 15.3 Å². The highest BCUT2D eigenvalue weighted by molar-refractivity contribution is 6.10. The fourth-order valence-corrected chi connectivity index (χ4v) is 2.63. The molecule has 2 rings (SSSR count). The van der Waals surface area contributed by atoms with E-state index in [1.807, 2.05) is 18.7 Å². The van der Waals surface area contributed by atoms with Gasteiger partial charge >= 0.3 is 0 Å². The summed E-state index contributed by atoms with van der Waals surface area (Å²) in [5.74, 6) is 0.670. The number of amides is 1. The molecule has 7 heteroatoms. The maximum Gasteiger partial charge on any atom is 0.260 e. The van der Waals surface area contributed by atoms with Gasteiger partial charge in [-0.15, -0.1) is 0 Å². The molecule has 1 aliphatic rings. The van der Waals surface area contributed by atoms with Crippen molar-refractivity contribution < 1.29 is 9.53 Å². The Hall–Kier alpha value is -3.06. The van der Waals surface area contributed by atoms with Gasteiger partial charge in [0, 0.05) is 13.1 Å². The lowest BCUT2D eigenvalue weighted by Gasteiger charge is -2.18. The SMILES string of the molecule is Cc1cc(NN=C(C#N)C#N)cc(C)c1OCC(=O)N1CCCC1. The number of likely N-dealkylation sites (tertiary alicyclic amines) is 1. The highest BCUT2D eigenvalue weighted by Gasteiger charge is 2.19. The van der Waals surface area contributed by atoms with Gasteiger partial charge in [-0.1, -0.05) is 0 Å². The van der Waals surface area contributed by atoms with Gasteiger partial charge in [0.2, 0.25) is 5.71 Å². The summed E-state index contributed by atoms with van der Waals surface area (Å²) in [6.45, 7) is 5.38. The number of hydrogen-bond donors (Lipinski definition) is 1. The van der Waals surface area contributed by atoms with Crippen LogP contribution in [-0.2, 0) is 4.79 Å². The summed E-state index contributed by atoms with van der Waals surface area (Å²) in [6, 6.07) is 6.94. The van der Waals surface area contributed by atoms with Crippen molar-refractivity contribution in [2.45, 2.75) is 26.7 Å². The molecule has 24 heavy (non-hydrogen) atoms. The number of nitrogens with one attached hydrogen (secondary N) is 1. The Bertz CT molecular complexity index is 697. The molecule has 1 heterocycles. The first-order chi connectivity index (χ1) is 11.5. The fourth-order valence-electron chi connectivity index (χ4n) is 2.63. The molecule has 0 aromatic heterocycles. The van der Waals surface area contributed by atoms with Crippen LogP contribution in [-0.4, -0.2) is 36.2 Å². The van der Waals surface area contributed by atoms with Crippen LogP contribution < -0.4 is 10.2 Å². The molecule has 0 saturated carbocycles. The van der Waals surface area contributed by atoms with E-state index in [0.717, 1.165) is 37.1 Å². The summed E-state index contributed by atoms with van der Waals surface area (Å²) >= 11 is 0. The van der Waals surface area contributed by atoms with Gasteiger partial charge in [0.25, 0.3) is 5.91 Å². The average Bonchev–Trinajstić information content (AvgIpc) is 3.09. The summed E-state index contributed by atoms with van der Waals surface area (Å²) < 4.78 is 5.71. The molecular weight excluding hydrogens is 306 g/mol. The second-order valence-electron chi connectivity index (χ2n) is 5.61. The Morgan fingerprint density at radius 2 is 1.83 bits per heavy atom. The standard InChI is InChI=1S/C17H19N5O2/c1-12-7-14(20-21-15(9-18)10-19)8-13(2)17(12)24-11-16(23)22-5-3-4-6-22/h7-8,20H,3-6,11H2,1-2H3. The minimum Gasteiger partial charge on any atom is -0.483 e. The topological polar surface area (TPSA) is 102 Å². The number of nitrogens with zero attached hydrogens (tertiary/aromatic N) is 4. The van der Waals surface area contributed by atoms with Gasteiger partial charge in [0.05, 0.1) is 5.69 Å². The van der Waals surface area contributed by atoms with Crippen molar-refractivity contribution in [1.82, 2.24) is 4.90 Å². The summed E-state index contributed by atoms with van der Waals surface area (Å²) in [4.78, 5) is 13.9. The lowest BCUT2D eigenvalue weighted by Crippen LogP contribution is -2.32. The number of anilines is 1. The molecule has 1 aliphatic heterocycles. The number of benzene rings is 1. The molecule has 0 aliphatic carbocycles. The molecule has 1 aromatic rings. The fraction of sp³-hybridized carbons (Fsp3) is 0.412. The van der Waals surface area contributed by atoms with Gasteiger partial charge in [0.1, 0.15) is 17.9 Å². The van der Waals surface area contributed by atoms with Crippen molar-refractivity contribution in [3.8, 4) is 17.9 Å². The van der Waals surface area contributed by atoms with Crippen LogP contribution in [0.25, 0.3) is 0 Å². The van der Waals surface area contributed by atoms with Gasteiger partial charge in [-0.2, -0.15) is 15.6 Å². The van der Waals surface area contributed by atoms with E-state index >= 15 is 0 Å². The van der Waals surface area contributed by atoms with Crippen LogP contribution in [0.3, 0.4) is 0 Å². The van der Waals surface area contributed by atoms with Crippen LogP contribution >= 0.6 is 0 Å². The van der Waals surface area contributed by atoms with Gasteiger partial charge in [-0.25, -0.2) is 0 Å². The smallest absolute Gasteiger partial charge is 0.260 e. The van der Waals surface area contributed by atoms with Crippen molar-refractivity contribution in [3.05, 3.63) is 23.3 Å². The normalized spacial score (nSPS) is 12.9. The van der Waals surface area contributed by atoms with Crippen LogP contribution in [0.15, 0.2) is 17.2 Å². The predicted octanol–water partition coefficient (Wildman–Crippen LogP) is 2.12. The maximum absolute atomic E-state index is 12.1. The highest BCUT2D eigenvalue weighted by atomic mass is 16.5. The molecular formula is C17H19N5O2. The first-order valence-electron chi connectivity index (χ1n) is 7.71. The Labute approximate surface area is 141 Å². The van der Waals surface area contributed by atoms with Crippen molar-refractivity contribution in [2.24, 2.45) is 5.10 Å². The van der Waals surface area contributed by atoms with Crippen molar-refractivity contribution in [2.75, 3.05) is 25.1 Å². The molecule has 1 aromatic carbocycles. The zero-order valence-corrected chi connectivity index (χ0v) is 13.8. The minimum atomic E-state index is -0.248. The monoisotopic (exact) mass is 325 g/mol. The number of carbonyl (C=O) groups is 1. The third kappa shape index (κ3) is 4.23. The molecule has 124 valence electrons. The number of aryl methyl sites for hydroxylation is 2. The molecule has 0 atom stereocenters. The van der Waals surface area contributed by atoms with Gasteiger partial charge < -0.3 is 9.64 Å². The van der Waals surface area contributed by atoms with Gasteiger partial charge in [-0.3, -0.25) is 10.2 Å². The Kier molecular flexibility index (Phi) is 5.75. The zero-order valence-electron chi connectivity index (χ0n) is 13.8. The van der Waals surface area contributed by atoms with Crippen molar-refractivity contribution >= 4 is 17.3 Å². The number of hydrazone groups is 1. The highest BCUT2D eigenvalue weighted by Crippen LogP contribution is 2.27. The first-order valence-corrected chi connectivity index (χ1v) is 7.71. The number of rotatable bonds is 5. The van der Waals surface area contributed by atoms with Crippen molar-refractivity contribution in [1.29, 1.82) is 10.5 Å². The van der Waals surface area contributed by atoms with Crippen LogP contribution in [0.5, 0.6) is 5.75 Å². The Morgan fingerprint density at radius 3 is 2.38 bits per heavy atom. The molecule has 0 radical (unpaired) electrons. The third-order valence-corrected chi connectivity index (χ3v) is 3.77.